The Labute approximate surface area is 184 Å². The van der Waals surface area contributed by atoms with Gasteiger partial charge in [0.25, 0.3) is 11.7 Å². The van der Waals surface area contributed by atoms with E-state index < -0.39 is 17.7 Å². The van der Waals surface area contributed by atoms with Crippen LogP contribution in [0.5, 0.6) is 17.2 Å². The van der Waals surface area contributed by atoms with Gasteiger partial charge >= 0.3 is 0 Å². The zero-order valence-electron chi connectivity index (χ0n) is 17.1. The summed E-state index contributed by atoms with van der Waals surface area (Å²) in [7, 11) is 1.48. The van der Waals surface area contributed by atoms with Gasteiger partial charge in [-0.05, 0) is 29.8 Å². The lowest BCUT2D eigenvalue weighted by atomic mass is 9.95. The van der Waals surface area contributed by atoms with Gasteiger partial charge in [0.15, 0.2) is 11.5 Å². The molecule has 7 heteroatoms. The number of hydrogen-bond acceptors (Lipinski definition) is 6. The van der Waals surface area contributed by atoms with Crippen molar-refractivity contribution in [2.75, 3.05) is 18.8 Å². The molecule has 32 heavy (non-hydrogen) atoms. The monoisotopic (exact) mass is 429 g/mol. The quantitative estimate of drug-likeness (QED) is 0.383. The van der Waals surface area contributed by atoms with E-state index >= 15 is 0 Å². The third-order valence-corrected chi connectivity index (χ3v) is 5.56. The first-order chi connectivity index (χ1) is 15.6. The Bertz CT molecular complexity index is 1250. The number of Topliss-reactive ketones (excluding diaryl/α,β-unsaturated/α-hetero) is 1. The molecule has 0 bridgehead atoms. The van der Waals surface area contributed by atoms with Gasteiger partial charge in [0, 0.05) is 11.8 Å². The first kappa shape index (κ1) is 19.7. The molecular formula is C25H19NO6. The van der Waals surface area contributed by atoms with Crippen molar-refractivity contribution in [1.82, 2.24) is 0 Å². The van der Waals surface area contributed by atoms with Gasteiger partial charge in [-0.15, -0.1) is 0 Å². The molecule has 2 aliphatic rings. The summed E-state index contributed by atoms with van der Waals surface area (Å²) < 4.78 is 16.2. The maximum Gasteiger partial charge on any atom is 0.300 e. The van der Waals surface area contributed by atoms with Crippen LogP contribution >= 0.6 is 0 Å². The molecule has 1 unspecified atom stereocenters. The minimum Gasteiger partial charge on any atom is -0.507 e. The Kier molecular flexibility index (Phi) is 4.78. The van der Waals surface area contributed by atoms with Crippen LogP contribution in [0.4, 0.5) is 5.69 Å². The molecule has 0 aromatic heterocycles. The highest BCUT2D eigenvalue weighted by molar-refractivity contribution is 6.51. The number of para-hydroxylation sites is 1. The molecule has 5 rings (SSSR count). The summed E-state index contributed by atoms with van der Waals surface area (Å²) in [6.07, 6.45) is 0. The lowest BCUT2D eigenvalue weighted by molar-refractivity contribution is -0.132. The van der Waals surface area contributed by atoms with Gasteiger partial charge in [0.2, 0.25) is 6.79 Å². The number of methoxy groups -OCH3 is 1. The second-order valence-electron chi connectivity index (χ2n) is 7.32. The average molecular weight is 429 g/mol. The number of rotatable bonds is 4. The van der Waals surface area contributed by atoms with Gasteiger partial charge in [-0.25, -0.2) is 0 Å². The molecule has 1 fully saturated rings. The minimum atomic E-state index is -0.832. The highest BCUT2D eigenvalue weighted by Gasteiger charge is 2.47. The molecule has 0 radical (unpaired) electrons. The van der Waals surface area contributed by atoms with E-state index in [2.05, 4.69) is 0 Å². The fourth-order valence-electron chi connectivity index (χ4n) is 4.07. The third-order valence-electron chi connectivity index (χ3n) is 5.56. The lowest BCUT2D eigenvalue weighted by Crippen LogP contribution is -2.29. The molecule has 0 spiro atoms. The molecule has 1 amide bonds. The van der Waals surface area contributed by atoms with E-state index in [1.807, 2.05) is 30.3 Å². The van der Waals surface area contributed by atoms with Crippen molar-refractivity contribution in [3.63, 3.8) is 0 Å². The van der Waals surface area contributed by atoms with Gasteiger partial charge in [0.05, 0.1) is 24.3 Å². The van der Waals surface area contributed by atoms with Crippen LogP contribution in [0.15, 0.2) is 78.4 Å². The van der Waals surface area contributed by atoms with Crippen LogP contribution in [0.2, 0.25) is 0 Å². The number of aliphatic hydroxyl groups is 1. The van der Waals surface area contributed by atoms with Crippen LogP contribution in [-0.4, -0.2) is 30.7 Å². The summed E-state index contributed by atoms with van der Waals surface area (Å²) in [6.45, 7) is 0.0908. The second-order valence-corrected chi connectivity index (χ2v) is 7.32. The van der Waals surface area contributed by atoms with Crippen molar-refractivity contribution in [2.24, 2.45) is 0 Å². The predicted octanol–water partition coefficient (Wildman–Crippen LogP) is 4.05. The Morgan fingerprint density at radius 3 is 2.47 bits per heavy atom. The van der Waals surface area contributed by atoms with E-state index in [1.165, 1.54) is 12.0 Å². The molecule has 3 aromatic carbocycles. The minimum absolute atomic E-state index is 0.0108. The zero-order chi connectivity index (χ0) is 22.2. The molecule has 3 aromatic rings. The number of ketones is 1. The van der Waals surface area contributed by atoms with Gasteiger partial charge < -0.3 is 19.3 Å². The number of carbonyl (C=O) groups is 2. The van der Waals surface area contributed by atoms with Crippen molar-refractivity contribution >= 4 is 23.1 Å². The number of fused-ring (bicyclic) bond motifs is 1. The Morgan fingerprint density at radius 1 is 0.969 bits per heavy atom. The van der Waals surface area contributed by atoms with E-state index in [0.29, 0.717) is 34.1 Å². The average Bonchev–Trinajstić information content (AvgIpc) is 3.41. The highest BCUT2D eigenvalue weighted by Crippen LogP contribution is 2.45. The summed E-state index contributed by atoms with van der Waals surface area (Å²) in [5.41, 5.74) is 1.47. The van der Waals surface area contributed by atoms with Crippen LogP contribution in [-0.2, 0) is 9.59 Å². The van der Waals surface area contributed by atoms with E-state index in [9.17, 15) is 14.7 Å². The molecule has 2 aliphatic heterocycles. The maximum absolute atomic E-state index is 13.2. The van der Waals surface area contributed by atoms with Gasteiger partial charge in [-0.1, -0.05) is 42.5 Å². The molecule has 0 saturated carbocycles. The molecule has 0 aliphatic carbocycles. The van der Waals surface area contributed by atoms with Crippen molar-refractivity contribution < 1.29 is 28.9 Å². The summed E-state index contributed by atoms with van der Waals surface area (Å²) in [5.74, 6) is -0.366. The number of nitrogens with zero attached hydrogens (tertiary/aromatic N) is 1. The lowest BCUT2D eigenvalue weighted by Gasteiger charge is -2.25. The smallest absolute Gasteiger partial charge is 0.300 e. The SMILES string of the molecule is COc1ccccc1/C(O)=C1\C(=O)C(=O)N(c2ccc3c(c2)OCO3)C1c1ccccc1. The van der Waals surface area contributed by atoms with Crippen LogP contribution < -0.4 is 19.1 Å². The number of carbonyl (C=O) groups excluding carboxylic acids is 2. The number of amides is 1. The van der Waals surface area contributed by atoms with Crippen LogP contribution in [0, 0.1) is 0 Å². The molecular weight excluding hydrogens is 410 g/mol. The van der Waals surface area contributed by atoms with Crippen LogP contribution in [0.25, 0.3) is 5.76 Å². The van der Waals surface area contributed by atoms with E-state index in [0.717, 1.165) is 0 Å². The van der Waals surface area contributed by atoms with Gasteiger partial charge in [-0.3, -0.25) is 14.5 Å². The maximum atomic E-state index is 13.2. The number of ether oxygens (including phenoxy) is 3. The second kappa shape index (κ2) is 7.77. The van der Waals surface area contributed by atoms with Gasteiger partial charge in [0.1, 0.15) is 11.5 Å². The van der Waals surface area contributed by atoms with Gasteiger partial charge in [-0.2, -0.15) is 0 Å². The predicted molar refractivity (Wildman–Crippen MR) is 117 cm³/mol. The zero-order valence-corrected chi connectivity index (χ0v) is 17.1. The fourth-order valence-corrected chi connectivity index (χ4v) is 4.07. The highest BCUT2D eigenvalue weighted by atomic mass is 16.7. The van der Waals surface area contributed by atoms with Crippen molar-refractivity contribution in [2.45, 2.75) is 6.04 Å². The Morgan fingerprint density at radius 2 is 1.69 bits per heavy atom. The summed E-state index contributed by atoms with van der Waals surface area (Å²) in [4.78, 5) is 27.8. The molecule has 160 valence electrons. The van der Waals surface area contributed by atoms with E-state index in [1.54, 1.807) is 42.5 Å². The normalized spacial score (nSPS) is 18.8. The summed E-state index contributed by atoms with van der Waals surface area (Å²) in [6, 6.07) is 20.1. The largest absolute Gasteiger partial charge is 0.507 e. The fraction of sp³-hybridized carbons (Fsp3) is 0.120. The first-order valence-electron chi connectivity index (χ1n) is 9.99. The van der Waals surface area contributed by atoms with E-state index in [4.69, 9.17) is 14.2 Å². The van der Waals surface area contributed by atoms with Crippen molar-refractivity contribution in [1.29, 1.82) is 0 Å². The third kappa shape index (κ3) is 3.06. The Balaban J connectivity index is 1.72. The number of anilines is 1. The molecule has 2 heterocycles. The standard InChI is InChI=1S/C25H19NO6/c1-30-18-10-6-5-9-17(18)23(27)21-22(15-7-3-2-4-8-15)26(25(29)24(21)28)16-11-12-19-20(13-16)32-14-31-19/h2-13,22,27H,14H2,1H3/b23-21+. The van der Waals surface area contributed by atoms with Crippen molar-refractivity contribution in [3.05, 3.63) is 89.5 Å². The molecule has 7 nitrogen and oxygen atoms in total. The topological polar surface area (TPSA) is 85.3 Å². The summed E-state index contributed by atoms with van der Waals surface area (Å²) >= 11 is 0. The first-order valence-corrected chi connectivity index (χ1v) is 9.99. The van der Waals surface area contributed by atoms with Crippen LogP contribution in [0.3, 0.4) is 0 Å². The number of aliphatic hydroxyl groups excluding tert-OH is 1. The van der Waals surface area contributed by atoms with Crippen LogP contribution in [0.1, 0.15) is 17.2 Å². The molecule has 1 saturated heterocycles. The number of hydrogen-bond donors (Lipinski definition) is 1. The molecule has 1 atom stereocenters. The van der Waals surface area contributed by atoms with E-state index in [-0.39, 0.29) is 18.1 Å². The number of benzene rings is 3. The summed E-state index contributed by atoms with van der Waals surface area (Å²) in [5, 5.41) is 11.2. The Hall–Kier alpha value is -4.26. The van der Waals surface area contributed by atoms with Crippen molar-refractivity contribution in [3.8, 4) is 17.2 Å². The molecule has 1 N–H and O–H groups in total.